The van der Waals surface area contributed by atoms with Crippen LogP contribution in [0.2, 0.25) is 0 Å². The smallest absolute Gasteiger partial charge is 0.310 e. The molecule has 3 aromatic rings. The number of aliphatic hydroxyl groups is 1. The van der Waals surface area contributed by atoms with Crippen LogP contribution in [0, 0.1) is 18.3 Å². The van der Waals surface area contributed by atoms with Crippen LogP contribution in [0.25, 0.3) is 11.3 Å². The van der Waals surface area contributed by atoms with Crippen LogP contribution in [0.15, 0.2) is 54.6 Å². The molecule has 2 aliphatic heterocycles. The van der Waals surface area contributed by atoms with Crippen molar-refractivity contribution in [1.29, 1.82) is 0 Å². The van der Waals surface area contributed by atoms with E-state index in [1.165, 1.54) is 22.3 Å². The number of ether oxygens (including phenoxy) is 1. The number of carboxylic acids is 1. The SMILES string of the molecule is Cc1c(COc2ccccc2-c2cccc(N3CC[C@@]4(C(=O)O)C[C@H]4C3)n2)ccc2c1CCN(C(C)CO)C2. The van der Waals surface area contributed by atoms with Crippen LogP contribution >= 0.6 is 0 Å². The second kappa shape index (κ2) is 10.3. The lowest BCUT2D eigenvalue weighted by molar-refractivity contribution is -0.144. The summed E-state index contributed by atoms with van der Waals surface area (Å²) in [5.74, 6) is 1.26. The van der Waals surface area contributed by atoms with Gasteiger partial charge < -0.3 is 19.8 Å². The maximum atomic E-state index is 11.7. The molecule has 2 fully saturated rings. The first-order valence-corrected chi connectivity index (χ1v) is 14.0. The van der Waals surface area contributed by atoms with E-state index < -0.39 is 11.4 Å². The molecule has 2 aromatic carbocycles. The summed E-state index contributed by atoms with van der Waals surface area (Å²) in [4.78, 5) is 21.2. The number of carboxylic acid groups (broad SMARTS) is 1. The van der Waals surface area contributed by atoms with Crippen LogP contribution in [-0.4, -0.2) is 58.3 Å². The summed E-state index contributed by atoms with van der Waals surface area (Å²) in [5, 5.41) is 19.2. The molecular formula is C32H37N3O4. The third kappa shape index (κ3) is 4.79. The summed E-state index contributed by atoms with van der Waals surface area (Å²) < 4.78 is 6.41. The second-order valence-electron chi connectivity index (χ2n) is 11.5. The summed E-state index contributed by atoms with van der Waals surface area (Å²) >= 11 is 0. The Morgan fingerprint density at radius 2 is 2.00 bits per heavy atom. The lowest BCUT2D eigenvalue weighted by Crippen LogP contribution is -2.39. The number of carbonyl (C=O) groups is 1. The van der Waals surface area contributed by atoms with Crippen LogP contribution in [0.4, 0.5) is 5.82 Å². The van der Waals surface area contributed by atoms with E-state index in [1.807, 2.05) is 42.5 Å². The molecule has 1 unspecified atom stereocenters. The molecule has 0 radical (unpaired) electrons. The largest absolute Gasteiger partial charge is 0.488 e. The second-order valence-corrected chi connectivity index (χ2v) is 11.5. The number of aromatic nitrogens is 1. The summed E-state index contributed by atoms with van der Waals surface area (Å²) in [7, 11) is 0. The van der Waals surface area contributed by atoms with Gasteiger partial charge in [-0.15, -0.1) is 0 Å². The van der Waals surface area contributed by atoms with Crippen molar-refractivity contribution in [2.24, 2.45) is 11.3 Å². The minimum Gasteiger partial charge on any atom is -0.488 e. The molecule has 2 N–H and O–H groups in total. The Morgan fingerprint density at radius 3 is 2.79 bits per heavy atom. The summed E-state index contributed by atoms with van der Waals surface area (Å²) in [6.07, 6.45) is 2.44. The van der Waals surface area contributed by atoms with Crippen molar-refractivity contribution in [1.82, 2.24) is 9.88 Å². The van der Waals surface area contributed by atoms with Crippen LogP contribution in [0.1, 0.15) is 42.0 Å². The fourth-order valence-electron chi connectivity index (χ4n) is 6.46. The Balaban J connectivity index is 1.18. The molecule has 204 valence electrons. The van der Waals surface area contributed by atoms with Crippen LogP contribution in [0.3, 0.4) is 0 Å². The number of hydrogen-bond acceptors (Lipinski definition) is 6. The highest BCUT2D eigenvalue weighted by molar-refractivity contribution is 5.79. The highest BCUT2D eigenvalue weighted by Crippen LogP contribution is 2.58. The van der Waals surface area contributed by atoms with Crippen molar-refractivity contribution < 1.29 is 19.7 Å². The number of para-hydroxylation sites is 1. The van der Waals surface area contributed by atoms with Gasteiger partial charge in [0.25, 0.3) is 0 Å². The zero-order valence-electron chi connectivity index (χ0n) is 22.8. The monoisotopic (exact) mass is 527 g/mol. The minimum absolute atomic E-state index is 0.173. The first-order chi connectivity index (χ1) is 18.9. The first-order valence-electron chi connectivity index (χ1n) is 14.0. The predicted octanol–water partition coefficient (Wildman–Crippen LogP) is 4.68. The van der Waals surface area contributed by atoms with Gasteiger partial charge in [-0.05, 0) is 85.5 Å². The van der Waals surface area contributed by atoms with Gasteiger partial charge in [0, 0.05) is 37.8 Å². The molecule has 1 aromatic heterocycles. The van der Waals surface area contributed by atoms with E-state index in [0.29, 0.717) is 19.6 Å². The van der Waals surface area contributed by atoms with Crippen molar-refractivity contribution in [3.8, 4) is 17.0 Å². The van der Waals surface area contributed by atoms with Gasteiger partial charge >= 0.3 is 5.97 Å². The minimum atomic E-state index is -0.646. The van der Waals surface area contributed by atoms with Crippen molar-refractivity contribution in [3.05, 3.63) is 76.9 Å². The number of piperidine rings is 1. The third-order valence-electron chi connectivity index (χ3n) is 9.25. The highest BCUT2D eigenvalue weighted by Gasteiger charge is 2.62. The van der Waals surface area contributed by atoms with Gasteiger partial charge in [-0.25, -0.2) is 4.98 Å². The molecule has 0 bridgehead atoms. The first kappa shape index (κ1) is 25.8. The van der Waals surface area contributed by atoms with Gasteiger partial charge in [0.2, 0.25) is 0 Å². The fraction of sp³-hybridized carbons (Fsp3) is 0.438. The number of hydrogen-bond donors (Lipinski definition) is 2. The van der Waals surface area contributed by atoms with E-state index in [9.17, 15) is 15.0 Å². The zero-order valence-corrected chi connectivity index (χ0v) is 22.8. The highest BCUT2D eigenvalue weighted by atomic mass is 16.5. The lowest BCUT2D eigenvalue weighted by Gasteiger charge is -2.34. The quantitative estimate of drug-likeness (QED) is 0.440. The zero-order chi connectivity index (χ0) is 27.1. The molecular weight excluding hydrogens is 490 g/mol. The topological polar surface area (TPSA) is 86.1 Å². The van der Waals surface area contributed by atoms with Gasteiger partial charge in [0.15, 0.2) is 0 Å². The average Bonchev–Trinajstić information content (AvgIpc) is 3.72. The van der Waals surface area contributed by atoms with Crippen molar-refractivity contribution >= 4 is 11.8 Å². The Kier molecular flexibility index (Phi) is 6.81. The molecule has 1 saturated heterocycles. The van der Waals surface area contributed by atoms with Crippen molar-refractivity contribution in [2.75, 3.05) is 31.1 Å². The van der Waals surface area contributed by atoms with E-state index in [4.69, 9.17) is 9.72 Å². The number of fused-ring (bicyclic) bond motifs is 2. The van der Waals surface area contributed by atoms with Crippen molar-refractivity contribution in [3.63, 3.8) is 0 Å². The summed E-state index contributed by atoms with van der Waals surface area (Å²) in [6.45, 7) is 8.22. The van der Waals surface area contributed by atoms with Gasteiger partial charge in [-0.2, -0.15) is 0 Å². The normalized spacial score (nSPS) is 23.1. The molecule has 3 atom stereocenters. The average molecular weight is 528 g/mol. The van der Waals surface area contributed by atoms with E-state index in [-0.39, 0.29) is 18.6 Å². The number of anilines is 1. The van der Waals surface area contributed by atoms with E-state index >= 15 is 0 Å². The number of nitrogens with zero attached hydrogens (tertiary/aromatic N) is 3. The molecule has 0 amide bonds. The number of aliphatic carboxylic acids is 1. The Hall–Kier alpha value is -3.42. The summed E-state index contributed by atoms with van der Waals surface area (Å²) in [6, 6.07) is 18.7. The number of pyridine rings is 1. The standard InChI is InChI=1S/C32H37N3O4/c1-21(19-36)34-14-12-26-22(2)24(11-10-23(26)17-34)20-39-29-8-4-3-6-27(29)28-7-5-9-30(33-28)35-15-13-32(31(37)38)16-25(32)18-35/h3-11,21,25,36H,12-20H2,1-2H3,(H,37,38)/t21?,25-,32+/m0/s1. The predicted molar refractivity (Wildman–Crippen MR) is 151 cm³/mol. The Labute approximate surface area is 230 Å². The number of rotatable bonds is 8. The molecule has 1 saturated carbocycles. The van der Waals surface area contributed by atoms with Crippen LogP contribution in [-0.2, 0) is 24.4 Å². The maximum Gasteiger partial charge on any atom is 0.310 e. The third-order valence-corrected chi connectivity index (χ3v) is 9.25. The fourth-order valence-corrected chi connectivity index (χ4v) is 6.46. The number of aliphatic hydroxyl groups excluding tert-OH is 1. The molecule has 7 nitrogen and oxygen atoms in total. The van der Waals surface area contributed by atoms with E-state index in [2.05, 4.69) is 35.8 Å². The molecule has 0 spiro atoms. The van der Waals surface area contributed by atoms with Gasteiger partial charge in [0.1, 0.15) is 18.2 Å². The Bertz CT molecular complexity index is 1390. The molecule has 7 heteroatoms. The molecule has 39 heavy (non-hydrogen) atoms. The van der Waals surface area contributed by atoms with E-state index in [0.717, 1.165) is 55.3 Å². The summed E-state index contributed by atoms with van der Waals surface area (Å²) in [5.41, 5.74) is 6.54. The maximum absolute atomic E-state index is 11.7. The molecule has 3 heterocycles. The molecule has 6 rings (SSSR count). The van der Waals surface area contributed by atoms with Crippen molar-refractivity contribution in [2.45, 2.75) is 52.3 Å². The van der Waals surface area contributed by atoms with Gasteiger partial charge in [-0.3, -0.25) is 9.69 Å². The van der Waals surface area contributed by atoms with Gasteiger partial charge in [-0.1, -0.05) is 30.3 Å². The van der Waals surface area contributed by atoms with Gasteiger partial charge in [0.05, 0.1) is 17.7 Å². The van der Waals surface area contributed by atoms with Crippen LogP contribution in [0.5, 0.6) is 5.75 Å². The van der Waals surface area contributed by atoms with E-state index in [1.54, 1.807) is 0 Å². The lowest BCUT2D eigenvalue weighted by atomic mass is 9.91. The Morgan fingerprint density at radius 1 is 1.15 bits per heavy atom. The number of benzene rings is 2. The molecule has 1 aliphatic carbocycles. The molecule has 3 aliphatic rings. The van der Waals surface area contributed by atoms with Crippen LogP contribution < -0.4 is 9.64 Å².